The zero-order valence-corrected chi connectivity index (χ0v) is 7.66. The highest BCUT2D eigenvalue weighted by atomic mass is 19.4. The van der Waals surface area contributed by atoms with Crippen LogP contribution in [0.1, 0.15) is 0 Å². The number of alkyl halides is 7. The Hall–Kier alpha value is -0.570. The number of hydrogen-bond donors (Lipinski definition) is 0. The van der Waals surface area contributed by atoms with Crippen LogP contribution in [-0.2, 0) is 9.47 Å². The Morgan fingerprint density at radius 1 is 1.06 bits per heavy atom. The first-order chi connectivity index (χ1) is 7.08. The van der Waals surface area contributed by atoms with Crippen molar-refractivity contribution in [1.29, 1.82) is 0 Å². The van der Waals surface area contributed by atoms with Gasteiger partial charge in [-0.15, -0.1) is 0 Å². The minimum absolute atomic E-state index is 0.223. The molecule has 0 aromatic rings. The van der Waals surface area contributed by atoms with Gasteiger partial charge in [-0.25, -0.2) is 0 Å². The summed E-state index contributed by atoms with van der Waals surface area (Å²) in [5.41, 5.74) is 0. The Bertz CT molecular complexity index is 246. The predicted octanol–water partition coefficient (Wildman–Crippen LogP) is 2.23. The molecular weight excluding hydrogens is 249 g/mol. The maximum absolute atomic E-state index is 12.5. The van der Waals surface area contributed by atoms with Gasteiger partial charge in [-0.1, -0.05) is 0 Å². The van der Waals surface area contributed by atoms with Crippen LogP contribution in [0.2, 0.25) is 0 Å². The molecule has 0 radical (unpaired) electrons. The third kappa shape index (κ3) is 2.76. The van der Waals surface area contributed by atoms with Crippen molar-refractivity contribution in [3.63, 3.8) is 0 Å². The van der Waals surface area contributed by atoms with Crippen molar-refractivity contribution in [3.8, 4) is 0 Å². The SMILES string of the molecule is FC(F)(F)C(F)(F)C(F)(F)COC[C@H]1CO1. The highest BCUT2D eigenvalue weighted by Crippen LogP contribution is 2.46. The van der Waals surface area contributed by atoms with Gasteiger partial charge in [0.05, 0.1) is 13.2 Å². The van der Waals surface area contributed by atoms with Crippen molar-refractivity contribution in [2.45, 2.75) is 24.1 Å². The van der Waals surface area contributed by atoms with E-state index in [1.165, 1.54) is 0 Å². The molecule has 0 bridgehead atoms. The summed E-state index contributed by atoms with van der Waals surface area (Å²) in [6.07, 6.45) is -6.80. The van der Waals surface area contributed by atoms with Crippen LogP contribution in [0, 0.1) is 0 Å². The second kappa shape index (κ2) is 4.02. The fourth-order valence-corrected chi connectivity index (χ4v) is 0.781. The van der Waals surface area contributed by atoms with Crippen molar-refractivity contribution in [2.24, 2.45) is 0 Å². The second-order valence-electron chi connectivity index (χ2n) is 3.25. The van der Waals surface area contributed by atoms with Crippen LogP contribution >= 0.6 is 0 Å². The fraction of sp³-hybridized carbons (Fsp3) is 1.00. The minimum Gasteiger partial charge on any atom is -0.372 e. The first kappa shape index (κ1) is 13.5. The van der Waals surface area contributed by atoms with Crippen LogP contribution in [0.3, 0.4) is 0 Å². The highest BCUT2D eigenvalue weighted by molar-refractivity contribution is 4.91. The molecule has 1 atom stereocenters. The lowest BCUT2D eigenvalue weighted by molar-refractivity contribution is -0.361. The monoisotopic (exact) mass is 256 g/mol. The maximum Gasteiger partial charge on any atom is 0.459 e. The van der Waals surface area contributed by atoms with E-state index in [0.29, 0.717) is 0 Å². The molecule has 0 unspecified atom stereocenters. The smallest absolute Gasteiger partial charge is 0.372 e. The van der Waals surface area contributed by atoms with Crippen molar-refractivity contribution in [3.05, 3.63) is 0 Å². The van der Waals surface area contributed by atoms with Gasteiger partial charge >= 0.3 is 18.0 Å². The molecule has 9 heteroatoms. The second-order valence-corrected chi connectivity index (χ2v) is 3.25. The van der Waals surface area contributed by atoms with Gasteiger partial charge in [-0.05, 0) is 0 Å². The molecule has 0 N–H and O–H groups in total. The molecule has 1 aliphatic heterocycles. The number of halogens is 7. The van der Waals surface area contributed by atoms with Gasteiger partial charge in [0.1, 0.15) is 12.7 Å². The quantitative estimate of drug-likeness (QED) is 0.555. The fourth-order valence-electron chi connectivity index (χ4n) is 0.781. The van der Waals surface area contributed by atoms with Crippen molar-refractivity contribution >= 4 is 0 Å². The molecular formula is C7H7F7O2. The third-order valence-electron chi connectivity index (χ3n) is 1.80. The molecule has 1 rings (SSSR count). The van der Waals surface area contributed by atoms with Gasteiger partial charge in [-0.2, -0.15) is 30.7 Å². The van der Waals surface area contributed by atoms with Crippen LogP contribution in [0.4, 0.5) is 30.7 Å². The average molecular weight is 256 g/mol. The van der Waals surface area contributed by atoms with E-state index >= 15 is 0 Å². The molecule has 0 saturated carbocycles. The average Bonchev–Trinajstić information content (AvgIpc) is 2.85. The Labute approximate surface area is 85.3 Å². The molecule has 1 aliphatic rings. The van der Waals surface area contributed by atoms with Gasteiger partial charge < -0.3 is 9.47 Å². The summed E-state index contributed by atoms with van der Waals surface area (Å²) in [4.78, 5) is 0. The van der Waals surface area contributed by atoms with E-state index in [-0.39, 0.29) is 6.61 Å². The van der Waals surface area contributed by atoms with E-state index in [9.17, 15) is 30.7 Å². The Kier molecular flexibility index (Phi) is 3.39. The Balaban J connectivity index is 2.52. The van der Waals surface area contributed by atoms with Gasteiger partial charge in [-0.3, -0.25) is 0 Å². The molecule has 0 aliphatic carbocycles. The summed E-state index contributed by atoms with van der Waals surface area (Å²) in [5.74, 6) is -11.4. The predicted molar refractivity (Wildman–Crippen MR) is 36.5 cm³/mol. The summed E-state index contributed by atoms with van der Waals surface area (Å²) in [5, 5.41) is 0. The van der Waals surface area contributed by atoms with E-state index in [1.807, 2.05) is 0 Å². The Morgan fingerprint density at radius 2 is 1.56 bits per heavy atom. The molecule has 0 aromatic carbocycles. The van der Waals surface area contributed by atoms with Gasteiger partial charge in [0.25, 0.3) is 0 Å². The first-order valence-corrected chi connectivity index (χ1v) is 4.09. The maximum atomic E-state index is 12.5. The number of epoxide rings is 1. The molecule has 96 valence electrons. The molecule has 0 amide bonds. The lowest BCUT2D eigenvalue weighted by Crippen LogP contribution is -2.54. The van der Waals surface area contributed by atoms with Crippen LogP contribution in [-0.4, -0.2) is 43.9 Å². The van der Waals surface area contributed by atoms with Gasteiger partial charge in [0.2, 0.25) is 0 Å². The van der Waals surface area contributed by atoms with Gasteiger partial charge in [0, 0.05) is 0 Å². The van der Waals surface area contributed by atoms with Crippen molar-refractivity contribution < 1.29 is 40.2 Å². The molecule has 2 nitrogen and oxygen atoms in total. The number of ether oxygens (including phenoxy) is 2. The Morgan fingerprint density at radius 3 is 1.94 bits per heavy atom. The van der Waals surface area contributed by atoms with E-state index < -0.39 is 37.3 Å². The molecule has 16 heavy (non-hydrogen) atoms. The summed E-state index contributed by atoms with van der Waals surface area (Å²) in [6, 6.07) is 0. The molecule has 0 aromatic heterocycles. The minimum atomic E-state index is -6.31. The zero-order chi connectivity index (χ0) is 12.6. The highest BCUT2D eigenvalue weighted by Gasteiger charge is 2.73. The lowest BCUT2D eigenvalue weighted by atomic mass is 10.2. The van der Waals surface area contributed by atoms with Crippen LogP contribution in [0.25, 0.3) is 0 Å². The van der Waals surface area contributed by atoms with E-state index in [1.54, 1.807) is 0 Å². The third-order valence-corrected chi connectivity index (χ3v) is 1.80. The standard InChI is InChI=1S/C7H7F7O2/c8-5(9,3-15-1-4-2-16-4)6(10,11)7(12,13)14/h4H,1-3H2/t4-/m0/s1. The molecule has 1 saturated heterocycles. The molecule has 1 fully saturated rings. The molecule has 1 heterocycles. The number of rotatable bonds is 5. The van der Waals surface area contributed by atoms with E-state index in [2.05, 4.69) is 9.47 Å². The normalized spacial score (nSPS) is 22.3. The first-order valence-electron chi connectivity index (χ1n) is 4.09. The van der Waals surface area contributed by atoms with Crippen LogP contribution in [0.5, 0.6) is 0 Å². The molecule has 0 spiro atoms. The summed E-state index contributed by atoms with van der Waals surface area (Å²) in [7, 11) is 0. The zero-order valence-electron chi connectivity index (χ0n) is 7.66. The lowest BCUT2D eigenvalue weighted by Gasteiger charge is -2.27. The van der Waals surface area contributed by atoms with Crippen LogP contribution in [0.15, 0.2) is 0 Å². The summed E-state index contributed by atoms with van der Waals surface area (Å²) in [6.45, 7) is -2.20. The van der Waals surface area contributed by atoms with Crippen LogP contribution < -0.4 is 0 Å². The summed E-state index contributed by atoms with van der Waals surface area (Å²) < 4.78 is 93.0. The number of hydrogen-bond acceptors (Lipinski definition) is 2. The van der Waals surface area contributed by atoms with E-state index in [4.69, 9.17) is 0 Å². The van der Waals surface area contributed by atoms with E-state index in [0.717, 1.165) is 0 Å². The van der Waals surface area contributed by atoms with Crippen molar-refractivity contribution in [1.82, 2.24) is 0 Å². The van der Waals surface area contributed by atoms with Crippen molar-refractivity contribution in [2.75, 3.05) is 19.8 Å². The largest absolute Gasteiger partial charge is 0.459 e. The topological polar surface area (TPSA) is 21.8 Å². The summed E-state index contributed by atoms with van der Waals surface area (Å²) >= 11 is 0. The van der Waals surface area contributed by atoms with Gasteiger partial charge in [0.15, 0.2) is 0 Å².